The fourth-order valence-corrected chi connectivity index (χ4v) is 8.95. The van der Waals surface area contributed by atoms with Gasteiger partial charge < -0.3 is 9.13 Å². The summed E-state index contributed by atoms with van der Waals surface area (Å²) < 4.78 is 47.7. The van der Waals surface area contributed by atoms with Crippen LogP contribution in [0.5, 0.6) is 0 Å². The van der Waals surface area contributed by atoms with Crippen LogP contribution in [-0.2, 0) is 6.18 Å². The SMILES string of the molecule is N#Cc1cc(C#N)cc(-c2ccc3c(c2)c2ccccc2n3-c2cc(-c3cc(C#N)cc(C(F)(F)F)c3)c(-n3c4ccccc4c4cc(-c5cc(C#N)cc(C#N)c5)ccc43)cc2C#N)c1. The van der Waals surface area contributed by atoms with Crippen molar-refractivity contribution in [1.29, 1.82) is 31.6 Å². The van der Waals surface area contributed by atoms with Crippen LogP contribution in [-0.4, -0.2) is 9.13 Å². The maximum Gasteiger partial charge on any atom is 0.416 e. The fraction of sp³-hybridized carbons (Fsp3) is 0.0182. The zero-order chi connectivity index (χ0) is 45.9. The molecule has 0 aliphatic carbocycles. The van der Waals surface area contributed by atoms with Gasteiger partial charge in [0.1, 0.15) is 6.07 Å². The second kappa shape index (κ2) is 15.5. The largest absolute Gasteiger partial charge is 0.416 e. The highest BCUT2D eigenvalue weighted by Crippen LogP contribution is 2.43. The van der Waals surface area contributed by atoms with Gasteiger partial charge in [0.15, 0.2) is 0 Å². The summed E-state index contributed by atoms with van der Waals surface area (Å²) in [5.41, 5.74) is 6.93. The Bertz CT molecular complexity index is 3950. The molecular formula is C55H25F3N8. The molecule has 2 aromatic heterocycles. The van der Waals surface area contributed by atoms with Gasteiger partial charge >= 0.3 is 6.18 Å². The topological polar surface area (TPSA) is 153 Å². The van der Waals surface area contributed by atoms with Crippen molar-refractivity contribution in [2.75, 3.05) is 0 Å². The smallest absolute Gasteiger partial charge is 0.309 e. The van der Waals surface area contributed by atoms with E-state index in [0.29, 0.717) is 72.4 Å². The van der Waals surface area contributed by atoms with E-state index in [1.807, 2.05) is 100 Å². The summed E-state index contributed by atoms with van der Waals surface area (Å²) in [4.78, 5) is 0. The van der Waals surface area contributed by atoms with Crippen LogP contribution >= 0.6 is 0 Å². The van der Waals surface area contributed by atoms with Gasteiger partial charge in [-0.25, -0.2) is 0 Å². The van der Waals surface area contributed by atoms with E-state index < -0.39 is 11.7 Å². The van der Waals surface area contributed by atoms with Crippen molar-refractivity contribution in [2.24, 2.45) is 0 Å². The molecule has 8 aromatic carbocycles. The number of nitriles is 6. The lowest BCUT2D eigenvalue weighted by atomic mass is 9.95. The predicted molar refractivity (Wildman–Crippen MR) is 245 cm³/mol. The van der Waals surface area contributed by atoms with Crippen LogP contribution in [0.1, 0.15) is 38.9 Å². The first-order valence-electron chi connectivity index (χ1n) is 20.2. The Morgan fingerprint density at radius 1 is 0.348 bits per heavy atom. The Morgan fingerprint density at radius 2 is 0.773 bits per heavy atom. The Hall–Kier alpha value is -9.91. The molecule has 306 valence electrons. The van der Waals surface area contributed by atoms with Gasteiger partial charge in [-0.05, 0) is 131 Å². The Labute approximate surface area is 374 Å². The van der Waals surface area contributed by atoms with Gasteiger partial charge in [-0.2, -0.15) is 44.7 Å². The van der Waals surface area contributed by atoms with Crippen LogP contribution in [0.4, 0.5) is 13.2 Å². The van der Waals surface area contributed by atoms with Crippen LogP contribution in [0.3, 0.4) is 0 Å². The van der Waals surface area contributed by atoms with E-state index in [1.54, 1.807) is 36.4 Å². The maximum absolute atomic E-state index is 14.6. The third-order valence-electron chi connectivity index (χ3n) is 11.8. The summed E-state index contributed by atoms with van der Waals surface area (Å²) in [6.45, 7) is 0. The molecule has 0 atom stereocenters. The molecule has 0 spiro atoms. The third kappa shape index (κ3) is 6.59. The number of para-hydroxylation sites is 2. The predicted octanol–water partition coefficient (Wildman–Crippen LogP) is 13.1. The lowest BCUT2D eigenvalue weighted by Crippen LogP contribution is -2.07. The minimum atomic E-state index is -4.79. The van der Waals surface area contributed by atoms with Gasteiger partial charge in [0, 0.05) is 27.1 Å². The van der Waals surface area contributed by atoms with E-state index in [-0.39, 0.29) is 16.7 Å². The molecular weight excluding hydrogens is 830 g/mol. The molecule has 0 saturated heterocycles. The molecule has 0 N–H and O–H groups in total. The zero-order valence-electron chi connectivity index (χ0n) is 34.1. The van der Waals surface area contributed by atoms with Gasteiger partial charge in [0.2, 0.25) is 0 Å². The van der Waals surface area contributed by atoms with Crippen molar-refractivity contribution in [3.05, 3.63) is 191 Å². The molecule has 10 aromatic rings. The van der Waals surface area contributed by atoms with E-state index in [0.717, 1.165) is 44.8 Å². The summed E-state index contributed by atoms with van der Waals surface area (Å²) in [6.07, 6.45) is -4.79. The van der Waals surface area contributed by atoms with Crippen LogP contribution in [0.2, 0.25) is 0 Å². The highest BCUT2D eigenvalue weighted by molar-refractivity contribution is 6.12. The molecule has 0 aliphatic heterocycles. The fourth-order valence-electron chi connectivity index (χ4n) is 8.95. The van der Waals surface area contributed by atoms with E-state index in [9.17, 15) is 44.7 Å². The number of nitrogens with zero attached hydrogens (tertiary/aromatic N) is 8. The normalized spacial score (nSPS) is 11.2. The minimum absolute atomic E-state index is 0.0933. The lowest BCUT2D eigenvalue weighted by Gasteiger charge is -2.20. The molecule has 10 rings (SSSR count). The highest BCUT2D eigenvalue weighted by atomic mass is 19.4. The lowest BCUT2D eigenvalue weighted by molar-refractivity contribution is -0.137. The van der Waals surface area contributed by atoms with Gasteiger partial charge in [-0.15, -0.1) is 0 Å². The van der Waals surface area contributed by atoms with E-state index in [4.69, 9.17) is 0 Å². The maximum atomic E-state index is 14.6. The average Bonchev–Trinajstić information content (AvgIpc) is 3.87. The molecule has 11 heteroatoms. The number of rotatable bonds is 5. The molecule has 0 amide bonds. The first-order chi connectivity index (χ1) is 32.0. The Kier molecular flexibility index (Phi) is 9.41. The van der Waals surface area contributed by atoms with Crippen molar-refractivity contribution < 1.29 is 13.2 Å². The van der Waals surface area contributed by atoms with Crippen LogP contribution < -0.4 is 0 Å². The van der Waals surface area contributed by atoms with Crippen molar-refractivity contribution in [2.45, 2.75) is 6.18 Å². The first kappa shape index (κ1) is 40.2. The molecule has 0 aliphatic rings. The Balaban J connectivity index is 1.28. The molecule has 8 nitrogen and oxygen atoms in total. The molecule has 0 fully saturated rings. The zero-order valence-corrected chi connectivity index (χ0v) is 34.1. The average molecular weight is 855 g/mol. The monoisotopic (exact) mass is 854 g/mol. The van der Waals surface area contributed by atoms with E-state index in [1.165, 1.54) is 18.2 Å². The van der Waals surface area contributed by atoms with Crippen molar-refractivity contribution in [3.8, 4) is 81.2 Å². The number of fused-ring (bicyclic) bond motifs is 6. The van der Waals surface area contributed by atoms with E-state index >= 15 is 0 Å². The molecule has 66 heavy (non-hydrogen) atoms. The third-order valence-corrected chi connectivity index (χ3v) is 11.8. The van der Waals surface area contributed by atoms with Crippen LogP contribution in [0.25, 0.3) is 88.4 Å². The second-order valence-corrected chi connectivity index (χ2v) is 15.6. The highest BCUT2D eigenvalue weighted by Gasteiger charge is 2.32. The second-order valence-electron chi connectivity index (χ2n) is 15.6. The summed E-state index contributed by atoms with van der Waals surface area (Å²) in [5, 5.41) is 63.1. The molecule has 0 radical (unpaired) electrons. The Morgan fingerprint density at radius 3 is 1.23 bits per heavy atom. The number of alkyl halides is 3. The number of benzene rings is 8. The van der Waals surface area contributed by atoms with Crippen LogP contribution in [0, 0.1) is 68.0 Å². The molecule has 2 heterocycles. The summed E-state index contributed by atoms with van der Waals surface area (Å²) in [7, 11) is 0. The van der Waals surface area contributed by atoms with Gasteiger partial charge in [-0.3, -0.25) is 0 Å². The first-order valence-corrected chi connectivity index (χ1v) is 20.2. The number of hydrogen-bond donors (Lipinski definition) is 0. The molecule has 0 unspecified atom stereocenters. The molecule has 0 bridgehead atoms. The minimum Gasteiger partial charge on any atom is -0.309 e. The summed E-state index contributed by atoms with van der Waals surface area (Å²) in [6, 6.07) is 55.6. The number of aromatic nitrogens is 2. The number of halogens is 3. The van der Waals surface area contributed by atoms with Gasteiger partial charge in [-0.1, -0.05) is 48.5 Å². The van der Waals surface area contributed by atoms with Crippen molar-refractivity contribution in [3.63, 3.8) is 0 Å². The van der Waals surface area contributed by atoms with Crippen molar-refractivity contribution >= 4 is 43.6 Å². The molecule has 0 saturated carbocycles. The van der Waals surface area contributed by atoms with E-state index in [2.05, 4.69) is 30.3 Å². The van der Waals surface area contributed by atoms with Crippen molar-refractivity contribution in [1.82, 2.24) is 9.13 Å². The summed E-state index contributed by atoms with van der Waals surface area (Å²) in [5.74, 6) is 0. The van der Waals surface area contributed by atoms with Crippen LogP contribution in [0.15, 0.2) is 152 Å². The standard InChI is InChI=1S/C55H25F3N8/c56-55(57,58)43-20-36(30-63)19-41(21-43)46-25-53(65-49-7-3-1-5-44(49)47-22-37(9-11-51(47)65)39-15-32(26-59)13-33(16-39)27-60)42(31-64)24-54(46)66-50-8-4-2-6-45(50)48-23-38(10-12-52(48)66)40-17-34(28-61)14-35(18-40)29-62/h1-25H. The summed E-state index contributed by atoms with van der Waals surface area (Å²) >= 11 is 0. The van der Waals surface area contributed by atoms with Gasteiger partial charge in [0.25, 0.3) is 0 Å². The quantitative estimate of drug-likeness (QED) is 0.168. The van der Waals surface area contributed by atoms with Gasteiger partial charge in [0.05, 0.1) is 103 Å². The number of hydrogen-bond acceptors (Lipinski definition) is 6.